The van der Waals surface area contributed by atoms with Gasteiger partial charge in [0.05, 0.1) is 5.56 Å². The van der Waals surface area contributed by atoms with E-state index in [9.17, 15) is 9.18 Å². The van der Waals surface area contributed by atoms with E-state index >= 15 is 0 Å². The Morgan fingerprint density at radius 2 is 2.16 bits per heavy atom. The number of hydrogen-bond acceptors (Lipinski definition) is 3. The van der Waals surface area contributed by atoms with Crippen LogP contribution in [0.4, 0.5) is 4.39 Å². The Hall–Kier alpha value is -2.14. The van der Waals surface area contributed by atoms with Crippen LogP contribution in [0.15, 0.2) is 30.5 Å². The Balaban J connectivity index is 2.42. The molecule has 0 aliphatic rings. The molecule has 98 valence electrons. The number of ether oxygens (including phenoxy) is 1. The summed E-state index contributed by atoms with van der Waals surface area (Å²) in [6.45, 7) is 1.59. The number of carbonyl (C=O) groups is 1. The summed E-state index contributed by atoms with van der Waals surface area (Å²) in [5.41, 5.74) is 0.253. The normalized spacial score (nSPS) is 10.3. The zero-order chi connectivity index (χ0) is 14.0. The van der Waals surface area contributed by atoms with Gasteiger partial charge in [0, 0.05) is 6.20 Å². The van der Waals surface area contributed by atoms with Crippen molar-refractivity contribution in [1.29, 1.82) is 0 Å². The number of hydrogen-bond donors (Lipinski definition) is 1. The Kier molecular flexibility index (Phi) is 3.66. The van der Waals surface area contributed by atoms with Gasteiger partial charge in [-0.1, -0.05) is 23.7 Å². The number of nitrogens with zero attached hydrogens (tertiary/aromatic N) is 1. The van der Waals surface area contributed by atoms with Gasteiger partial charge in [0.2, 0.25) is 5.88 Å². The molecule has 1 aromatic carbocycles. The van der Waals surface area contributed by atoms with Crippen LogP contribution in [-0.2, 0) is 0 Å². The van der Waals surface area contributed by atoms with Gasteiger partial charge in [-0.05, 0) is 24.6 Å². The van der Waals surface area contributed by atoms with Gasteiger partial charge >= 0.3 is 5.97 Å². The quantitative estimate of drug-likeness (QED) is 0.932. The van der Waals surface area contributed by atoms with E-state index in [1.165, 1.54) is 18.3 Å². The minimum Gasteiger partial charge on any atom is -0.478 e. The molecule has 1 N–H and O–H groups in total. The SMILES string of the molecule is Cc1cccc(Oc2nccc(C(=O)O)c2Cl)c1F. The van der Waals surface area contributed by atoms with Gasteiger partial charge in [0.1, 0.15) is 5.02 Å². The minimum absolute atomic E-state index is 0.0584. The van der Waals surface area contributed by atoms with E-state index in [0.717, 1.165) is 0 Å². The second-order valence-corrected chi connectivity index (χ2v) is 4.15. The Morgan fingerprint density at radius 1 is 1.42 bits per heavy atom. The summed E-state index contributed by atoms with van der Waals surface area (Å²) in [6.07, 6.45) is 1.23. The number of aromatic nitrogens is 1. The van der Waals surface area contributed by atoms with Crippen LogP contribution in [0.1, 0.15) is 15.9 Å². The van der Waals surface area contributed by atoms with Crippen LogP contribution >= 0.6 is 11.6 Å². The van der Waals surface area contributed by atoms with Gasteiger partial charge < -0.3 is 9.84 Å². The molecule has 2 rings (SSSR count). The van der Waals surface area contributed by atoms with Gasteiger partial charge in [-0.2, -0.15) is 0 Å². The maximum absolute atomic E-state index is 13.8. The van der Waals surface area contributed by atoms with E-state index < -0.39 is 11.8 Å². The van der Waals surface area contributed by atoms with Crippen LogP contribution in [-0.4, -0.2) is 16.1 Å². The molecule has 0 amide bonds. The molecule has 0 radical (unpaired) electrons. The van der Waals surface area contributed by atoms with Crippen molar-refractivity contribution >= 4 is 17.6 Å². The van der Waals surface area contributed by atoms with E-state index in [1.807, 2.05) is 0 Å². The molecule has 0 saturated carbocycles. The number of pyridine rings is 1. The molecular weight excluding hydrogens is 273 g/mol. The van der Waals surface area contributed by atoms with E-state index in [-0.39, 0.29) is 22.2 Å². The Bertz CT molecular complexity index is 646. The van der Waals surface area contributed by atoms with Crippen molar-refractivity contribution in [2.75, 3.05) is 0 Å². The summed E-state index contributed by atoms with van der Waals surface area (Å²) < 4.78 is 19.0. The third kappa shape index (κ3) is 2.66. The molecule has 1 heterocycles. The summed E-state index contributed by atoms with van der Waals surface area (Å²) in [4.78, 5) is 14.7. The number of aryl methyl sites for hydroxylation is 1. The summed E-state index contributed by atoms with van der Waals surface area (Å²) in [7, 11) is 0. The van der Waals surface area contributed by atoms with E-state index in [1.54, 1.807) is 19.1 Å². The van der Waals surface area contributed by atoms with Crippen molar-refractivity contribution in [3.05, 3.63) is 52.4 Å². The molecule has 0 atom stereocenters. The Morgan fingerprint density at radius 3 is 2.84 bits per heavy atom. The third-order valence-corrected chi connectivity index (χ3v) is 2.82. The van der Waals surface area contributed by atoms with Gasteiger partial charge in [-0.25, -0.2) is 14.2 Å². The highest BCUT2D eigenvalue weighted by atomic mass is 35.5. The second kappa shape index (κ2) is 5.24. The first kappa shape index (κ1) is 13.3. The van der Waals surface area contributed by atoms with Crippen LogP contribution in [0.2, 0.25) is 5.02 Å². The number of aromatic carboxylic acids is 1. The standard InChI is InChI=1S/C13H9ClFNO3/c1-7-3-2-4-9(11(7)15)19-12-10(14)8(13(17)18)5-6-16-12/h2-6H,1H3,(H,17,18). The largest absolute Gasteiger partial charge is 0.478 e. The lowest BCUT2D eigenvalue weighted by atomic mass is 10.2. The predicted octanol–water partition coefficient (Wildman–Crippen LogP) is 3.67. The highest BCUT2D eigenvalue weighted by molar-refractivity contribution is 6.34. The van der Waals surface area contributed by atoms with Gasteiger partial charge in [0.25, 0.3) is 0 Å². The number of rotatable bonds is 3. The number of benzene rings is 1. The third-order valence-electron chi connectivity index (χ3n) is 2.45. The maximum Gasteiger partial charge on any atom is 0.337 e. The number of carboxylic acids is 1. The monoisotopic (exact) mass is 281 g/mol. The maximum atomic E-state index is 13.8. The molecule has 0 aliphatic heterocycles. The molecule has 0 spiro atoms. The van der Waals surface area contributed by atoms with E-state index in [2.05, 4.69) is 4.98 Å². The molecule has 6 heteroatoms. The predicted molar refractivity (Wildman–Crippen MR) is 67.4 cm³/mol. The highest BCUT2D eigenvalue weighted by Crippen LogP contribution is 2.31. The summed E-state index contributed by atoms with van der Waals surface area (Å²) in [5.74, 6) is -1.95. The number of halogens is 2. The first-order valence-corrected chi connectivity index (χ1v) is 5.69. The Labute approximate surface area is 113 Å². The molecule has 4 nitrogen and oxygen atoms in total. The molecule has 0 saturated heterocycles. The molecular formula is C13H9ClFNO3. The van der Waals surface area contributed by atoms with Gasteiger partial charge in [-0.15, -0.1) is 0 Å². The van der Waals surface area contributed by atoms with Crippen LogP contribution in [0, 0.1) is 12.7 Å². The van der Waals surface area contributed by atoms with Crippen LogP contribution < -0.4 is 4.74 Å². The topological polar surface area (TPSA) is 59.4 Å². The van der Waals surface area contributed by atoms with Gasteiger partial charge in [0.15, 0.2) is 11.6 Å². The zero-order valence-corrected chi connectivity index (χ0v) is 10.6. The smallest absolute Gasteiger partial charge is 0.337 e. The average Bonchev–Trinajstić information content (AvgIpc) is 2.37. The fourth-order valence-corrected chi connectivity index (χ4v) is 1.70. The van der Waals surface area contributed by atoms with Crippen molar-refractivity contribution in [2.24, 2.45) is 0 Å². The van der Waals surface area contributed by atoms with E-state index in [4.69, 9.17) is 21.4 Å². The first-order chi connectivity index (χ1) is 9.00. The molecule has 0 bridgehead atoms. The summed E-state index contributed by atoms with van der Waals surface area (Å²) >= 11 is 5.86. The number of carboxylic acid groups (broad SMARTS) is 1. The molecule has 2 aromatic rings. The summed E-state index contributed by atoms with van der Waals surface area (Å²) in [6, 6.07) is 5.85. The van der Waals surface area contributed by atoms with Crippen molar-refractivity contribution in [1.82, 2.24) is 4.98 Å². The van der Waals surface area contributed by atoms with Crippen molar-refractivity contribution < 1.29 is 19.0 Å². The highest BCUT2D eigenvalue weighted by Gasteiger charge is 2.16. The van der Waals surface area contributed by atoms with Crippen molar-refractivity contribution in [3.8, 4) is 11.6 Å². The fourth-order valence-electron chi connectivity index (χ4n) is 1.46. The van der Waals surface area contributed by atoms with Crippen molar-refractivity contribution in [3.63, 3.8) is 0 Å². The minimum atomic E-state index is -1.21. The molecule has 0 unspecified atom stereocenters. The average molecular weight is 282 g/mol. The molecule has 0 fully saturated rings. The zero-order valence-electron chi connectivity index (χ0n) is 9.85. The lowest BCUT2D eigenvalue weighted by molar-refractivity contribution is 0.0696. The van der Waals surface area contributed by atoms with Crippen LogP contribution in [0.3, 0.4) is 0 Å². The first-order valence-electron chi connectivity index (χ1n) is 5.31. The lowest BCUT2D eigenvalue weighted by Crippen LogP contribution is -2.01. The fraction of sp³-hybridized carbons (Fsp3) is 0.0769. The second-order valence-electron chi connectivity index (χ2n) is 3.77. The van der Waals surface area contributed by atoms with E-state index in [0.29, 0.717) is 5.56 Å². The van der Waals surface area contributed by atoms with Crippen LogP contribution in [0.25, 0.3) is 0 Å². The molecule has 19 heavy (non-hydrogen) atoms. The summed E-state index contributed by atoms with van der Waals surface area (Å²) in [5, 5.41) is 8.74. The van der Waals surface area contributed by atoms with Crippen molar-refractivity contribution in [2.45, 2.75) is 6.92 Å². The lowest BCUT2D eigenvalue weighted by Gasteiger charge is -2.09. The van der Waals surface area contributed by atoms with Gasteiger partial charge in [-0.3, -0.25) is 0 Å². The molecule has 1 aromatic heterocycles. The molecule has 0 aliphatic carbocycles. The van der Waals surface area contributed by atoms with Crippen LogP contribution in [0.5, 0.6) is 11.6 Å².